The molecule has 0 bridgehead atoms. The van der Waals surface area contributed by atoms with Gasteiger partial charge in [0.2, 0.25) is 5.90 Å². The molecule has 1 aliphatic rings. The van der Waals surface area contributed by atoms with Gasteiger partial charge in [-0.3, -0.25) is 5.41 Å². The van der Waals surface area contributed by atoms with Gasteiger partial charge in [-0.15, -0.1) is 0 Å². The van der Waals surface area contributed by atoms with Gasteiger partial charge in [-0.25, -0.2) is 4.79 Å². The first-order chi connectivity index (χ1) is 14.9. The molecule has 3 aromatic rings. The summed E-state index contributed by atoms with van der Waals surface area (Å²) in [5, 5.41) is 18.4. The van der Waals surface area contributed by atoms with E-state index >= 15 is 0 Å². The van der Waals surface area contributed by atoms with E-state index in [1.807, 2.05) is 6.07 Å². The first-order valence-electron chi connectivity index (χ1n) is 9.37. The fourth-order valence-corrected chi connectivity index (χ4v) is 3.68. The molecule has 4 rings (SSSR count). The average molecular weight is 426 g/mol. The SMILES string of the molecule is CCOc1cc(C2c3c(c4ccccc4oc3=O)OC(=N)C2C#N)ccc1OC(F)F. The van der Waals surface area contributed by atoms with Gasteiger partial charge in [0.15, 0.2) is 17.2 Å². The van der Waals surface area contributed by atoms with Crippen LogP contribution < -0.4 is 19.8 Å². The van der Waals surface area contributed by atoms with E-state index < -0.39 is 24.1 Å². The Morgan fingerprint density at radius 2 is 2.00 bits per heavy atom. The van der Waals surface area contributed by atoms with Crippen molar-refractivity contribution in [1.82, 2.24) is 0 Å². The van der Waals surface area contributed by atoms with Crippen molar-refractivity contribution in [3.8, 4) is 23.3 Å². The summed E-state index contributed by atoms with van der Waals surface area (Å²) in [6.07, 6.45) is 0. The number of benzene rings is 2. The predicted molar refractivity (Wildman–Crippen MR) is 106 cm³/mol. The average Bonchev–Trinajstić information content (AvgIpc) is 2.74. The molecule has 0 spiro atoms. The number of halogens is 2. The van der Waals surface area contributed by atoms with E-state index in [4.69, 9.17) is 19.3 Å². The molecule has 0 radical (unpaired) electrons. The summed E-state index contributed by atoms with van der Waals surface area (Å²) in [6.45, 7) is -1.19. The number of ether oxygens (including phenoxy) is 3. The summed E-state index contributed by atoms with van der Waals surface area (Å²) in [4.78, 5) is 12.9. The summed E-state index contributed by atoms with van der Waals surface area (Å²) < 4.78 is 46.4. The quantitative estimate of drug-likeness (QED) is 0.605. The molecule has 2 heterocycles. The van der Waals surface area contributed by atoms with Crippen LogP contribution in [0.3, 0.4) is 0 Å². The molecule has 7 nitrogen and oxygen atoms in total. The number of para-hydroxylation sites is 1. The van der Waals surface area contributed by atoms with Crippen LogP contribution in [0.4, 0.5) is 8.78 Å². The van der Waals surface area contributed by atoms with E-state index in [1.54, 1.807) is 31.2 Å². The Balaban J connectivity index is 1.95. The smallest absolute Gasteiger partial charge is 0.387 e. The third-order valence-corrected chi connectivity index (χ3v) is 4.92. The van der Waals surface area contributed by atoms with Crippen molar-refractivity contribution in [3.05, 3.63) is 64.0 Å². The monoisotopic (exact) mass is 426 g/mol. The molecular weight excluding hydrogens is 410 g/mol. The molecule has 0 saturated heterocycles. The minimum Gasteiger partial charge on any atom is -0.490 e. The van der Waals surface area contributed by atoms with Crippen LogP contribution in [0.25, 0.3) is 11.0 Å². The first kappa shape index (κ1) is 20.3. The van der Waals surface area contributed by atoms with Gasteiger partial charge in [0.25, 0.3) is 0 Å². The minimum atomic E-state index is -3.05. The molecule has 0 amide bonds. The maximum absolute atomic E-state index is 12.9. The molecule has 2 atom stereocenters. The Hall–Kier alpha value is -3.93. The highest BCUT2D eigenvalue weighted by Gasteiger charge is 2.41. The lowest BCUT2D eigenvalue weighted by Crippen LogP contribution is -2.34. The van der Waals surface area contributed by atoms with Crippen LogP contribution in [-0.4, -0.2) is 19.1 Å². The van der Waals surface area contributed by atoms with E-state index in [0.717, 1.165) is 0 Å². The minimum absolute atomic E-state index is 0.0294. The molecule has 0 saturated carbocycles. The van der Waals surface area contributed by atoms with Crippen LogP contribution in [0, 0.1) is 22.7 Å². The van der Waals surface area contributed by atoms with Gasteiger partial charge in [0.05, 0.1) is 23.6 Å². The summed E-state index contributed by atoms with van der Waals surface area (Å²) in [5.41, 5.74) is 0.0425. The van der Waals surface area contributed by atoms with Gasteiger partial charge in [0.1, 0.15) is 11.5 Å². The van der Waals surface area contributed by atoms with Gasteiger partial charge in [-0.2, -0.15) is 14.0 Å². The Bertz CT molecular complexity index is 1260. The third-order valence-electron chi connectivity index (χ3n) is 4.92. The van der Waals surface area contributed by atoms with E-state index in [1.165, 1.54) is 18.2 Å². The number of nitriles is 1. The molecule has 158 valence electrons. The van der Waals surface area contributed by atoms with E-state index in [2.05, 4.69) is 4.74 Å². The molecule has 0 aliphatic carbocycles. The second-order valence-corrected chi connectivity index (χ2v) is 6.70. The van der Waals surface area contributed by atoms with E-state index in [9.17, 15) is 18.8 Å². The maximum atomic E-state index is 12.9. The van der Waals surface area contributed by atoms with Crippen LogP contribution >= 0.6 is 0 Å². The molecule has 0 fully saturated rings. The van der Waals surface area contributed by atoms with E-state index in [-0.39, 0.29) is 40.9 Å². The zero-order chi connectivity index (χ0) is 22.1. The number of hydrogen-bond acceptors (Lipinski definition) is 7. The molecule has 9 heteroatoms. The number of nitrogens with one attached hydrogen (secondary N) is 1. The molecular formula is C22H16F2N2O5. The van der Waals surface area contributed by atoms with Crippen LogP contribution in [0.1, 0.15) is 24.0 Å². The van der Waals surface area contributed by atoms with Crippen molar-refractivity contribution in [1.29, 1.82) is 10.7 Å². The lowest BCUT2D eigenvalue weighted by molar-refractivity contribution is -0.0514. The molecule has 1 aliphatic heterocycles. The van der Waals surface area contributed by atoms with Crippen molar-refractivity contribution in [2.45, 2.75) is 19.5 Å². The Morgan fingerprint density at radius 1 is 1.23 bits per heavy atom. The lowest BCUT2D eigenvalue weighted by Gasteiger charge is -2.30. The van der Waals surface area contributed by atoms with Gasteiger partial charge in [-0.05, 0) is 36.8 Å². The van der Waals surface area contributed by atoms with Crippen molar-refractivity contribution < 1.29 is 27.4 Å². The second-order valence-electron chi connectivity index (χ2n) is 6.70. The van der Waals surface area contributed by atoms with Gasteiger partial charge in [-0.1, -0.05) is 18.2 Å². The molecule has 31 heavy (non-hydrogen) atoms. The van der Waals surface area contributed by atoms with Crippen molar-refractivity contribution in [2.24, 2.45) is 5.92 Å². The molecule has 2 aromatic carbocycles. The molecule has 1 aromatic heterocycles. The standard InChI is InChI=1S/C22H16F2N2O5/c1-2-28-16-9-11(7-8-15(16)30-22(23)24)17-13(10-25)20(26)31-19-12-5-3-4-6-14(12)29-21(27)18(17)19/h3-9,13,17,22,26H,2H2,1H3. The predicted octanol–water partition coefficient (Wildman–Crippen LogP) is 4.43. The molecule has 1 N–H and O–H groups in total. The Kier molecular flexibility index (Phi) is 5.29. The van der Waals surface area contributed by atoms with Crippen molar-refractivity contribution in [2.75, 3.05) is 6.61 Å². The summed E-state index contributed by atoms with van der Waals surface area (Å²) >= 11 is 0. The Morgan fingerprint density at radius 3 is 2.71 bits per heavy atom. The van der Waals surface area contributed by atoms with Crippen LogP contribution in [0.15, 0.2) is 51.7 Å². The van der Waals surface area contributed by atoms with E-state index in [0.29, 0.717) is 10.9 Å². The normalized spacial score (nSPS) is 17.7. The lowest BCUT2D eigenvalue weighted by atomic mass is 9.79. The number of hydrogen-bond donors (Lipinski definition) is 1. The zero-order valence-electron chi connectivity index (χ0n) is 16.2. The second kappa shape index (κ2) is 8.07. The number of fused-ring (bicyclic) bond motifs is 3. The fourth-order valence-electron chi connectivity index (χ4n) is 3.68. The van der Waals surface area contributed by atoms with Crippen LogP contribution in [0.5, 0.6) is 17.2 Å². The zero-order valence-corrected chi connectivity index (χ0v) is 16.2. The topological polar surface area (TPSA) is 106 Å². The number of nitrogens with zero attached hydrogens (tertiary/aromatic N) is 1. The fraction of sp³-hybridized carbons (Fsp3) is 0.227. The first-order valence-corrected chi connectivity index (χ1v) is 9.37. The number of rotatable bonds is 5. The summed E-state index contributed by atoms with van der Waals surface area (Å²) in [5.74, 6) is -2.40. The maximum Gasteiger partial charge on any atom is 0.387 e. The highest BCUT2D eigenvalue weighted by molar-refractivity contribution is 5.93. The van der Waals surface area contributed by atoms with Crippen LogP contribution in [0.2, 0.25) is 0 Å². The van der Waals surface area contributed by atoms with Gasteiger partial charge >= 0.3 is 12.2 Å². The van der Waals surface area contributed by atoms with Crippen molar-refractivity contribution in [3.63, 3.8) is 0 Å². The summed E-state index contributed by atoms with van der Waals surface area (Å²) in [6, 6.07) is 12.8. The molecule has 2 unspecified atom stereocenters. The van der Waals surface area contributed by atoms with Gasteiger partial charge < -0.3 is 18.6 Å². The van der Waals surface area contributed by atoms with Gasteiger partial charge in [0, 0.05) is 5.92 Å². The Labute approximate surface area is 174 Å². The van der Waals surface area contributed by atoms with Crippen molar-refractivity contribution >= 4 is 16.9 Å². The number of alkyl halides is 2. The highest BCUT2D eigenvalue weighted by Crippen LogP contribution is 2.45. The highest BCUT2D eigenvalue weighted by atomic mass is 19.3. The third kappa shape index (κ3) is 3.57. The largest absolute Gasteiger partial charge is 0.490 e. The summed E-state index contributed by atoms with van der Waals surface area (Å²) in [7, 11) is 0. The van der Waals surface area contributed by atoms with Crippen LogP contribution in [-0.2, 0) is 0 Å².